The number of hydrogen-bond acceptors (Lipinski definition) is 3. The summed E-state index contributed by atoms with van der Waals surface area (Å²) in [6, 6.07) is 5.98. The van der Waals surface area contributed by atoms with Gasteiger partial charge in [-0.05, 0) is 37.0 Å². The lowest BCUT2D eigenvalue weighted by atomic mass is 10.0. The van der Waals surface area contributed by atoms with E-state index in [0.717, 1.165) is 23.4 Å². The predicted molar refractivity (Wildman–Crippen MR) is 79.3 cm³/mol. The second-order valence-corrected chi connectivity index (χ2v) is 5.59. The highest BCUT2D eigenvalue weighted by atomic mass is 16.5. The van der Waals surface area contributed by atoms with E-state index in [1.807, 2.05) is 43.9 Å². The molecule has 1 aromatic carbocycles. The summed E-state index contributed by atoms with van der Waals surface area (Å²) in [6.45, 7) is 7.35. The molecule has 0 bridgehead atoms. The van der Waals surface area contributed by atoms with Crippen molar-refractivity contribution in [3.63, 3.8) is 0 Å². The molecule has 0 saturated heterocycles. The predicted octanol–water partition coefficient (Wildman–Crippen LogP) is 2.78. The molecule has 0 radical (unpaired) electrons. The van der Waals surface area contributed by atoms with Gasteiger partial charge in [0.25, 0.3) is 5.91 Å². The number of carbonyl (C=O) groups excluding carboxylic acids is 1. The van der Waals surface area contributed by atoms with Gasteiger partial charge in [0, 0.05) is 20.3 Å². The highest BCUT2D eigenvalue weighted by Crippen LogP contribution is 2.36. The van der Waals surface area contributed by atoms with Gasteiger partial charge in [-0.15, -0.1) is 0 Å². The molecule has 1 unspecified atom stereocenters. The summed E-state index contributed by atoms with van der Waals surface area (Å²) >= 11 is 0. The number of aryl methyl sites for hydroxylation is 1. The van der Waals surface area contributed by atoms with Crippen molar-refractivity contribution in [1.29, 1.82) is 0 Å². The van der Waals surface area contributed by atoms with Crippen molar-refractivity contribution in [2.45, 2.75) is 33.3 Å². The van der Waals surface area contributed by atoms with E-state index in [1.54, 1.807) is 7.11 Å². The number of methoxy groups -OCH3 is 1. The van der Waals surface area contributed by atoms with Crippen LogP contribution in [0.5, 0.6) is 5.75 Å². The van der Waals surface area contributed by atoms with E-state index in [1.165, 1.54) is 0 Å². The SMILES string of the molecule is COCCCN1C(=O)C(C(C)C)Oc2ccc(C)cc21. The molecule has 0 aliphatic carbocycles. The van der Waals surface area contributed by atoms with Gasteiger partial charge >= 0.3 is 0 Å². The summed E-state index contributed by atoms with van der Waals surface area (Å²) in [6.07, 6.45) is 0.424. The van der Waals surface area contributed by atoms with E-state index < -0.39 is 6.10 Å². The van der Waals surface area contributed by atoms with Crippen molar-refractivity contribution in [2.75, 3.05) is 25.2 Å². The molecule has 110 valence electrons. The van der Waals surface area contributed by atoms with Crippen LogP contribution >= 0.6 is 0 Å². The largest absolute Gasteiger partial charge is 0.478 e. The van der Waals surface area contributed by atoms with Crippen LogP contribution in [0.2, 0.25) is 0 Å². The normalized spacial score (nSPS) is 18.1. The van der Waals surface area contributed by atoms with Crippen molar-refractivity contribution in [2.24, 2.45) is 5.92 Å². The fourth-order valence-electron chi connectivity index (χ4n) is 2.42. The molecule has 20 heavy (non-hydrogen) atoms. The highest BCUT2D eigenvalue weighted by Gasteiger charge is 2.35. The first-order chi connectivity index (χ1) is 9.54. The van der Waals surface area contributed by atoms with E-state index in [9.17, 15) is 4.79 Å². The summed E-state index contributed by atoms with van der Waals surface area (Å²) in [4.78, 5) is 14.4. The molecule has 0 saturated carbocycles. The molecule has 2 rings (SSSR count). The highest BCUT2D eigenvalue weighted by molar-refractivity contribution is 6.00. The van der Waals surface area contributed by atoms with E-state index >= 15 is 0 Å². The molecule has 1 aliphatic heterocycles. The summed E-state index contributed by atoms with van der Waals surface area (Å²) in [5, 5.41) is 0. The molecule has 0 spiro atoms. The standard InChI is InChI=1S/C16H23NO3/c1-11(2)15-16(18)17(8-5-9-19-4)13-10-12(3)6-7-14(13)20-15/h6-7,10-11,15H,5,8-9H2,1-4H3. The number of fused-ring (bicyclic) bond motifs is 1. The van der Waals surface area contributed by atoms with Crippen LogP contribution in [0.1, 0.15) is 25.8 Å². The first-order valence-electron chi connectivity index (χ1n) is 7.12. The first kappa shape index (κ1) is 14.9. The maximum absolute atomic E-state index is 12.6. The molecule has 1 aliphatic rings. The molecule has 1 amide bonds. The van der Waals surface area contributed by atoms with Crippen molar-refractivity contribution in [1.82, 2.24) is 0 Å². The van der Waals surface area contributed by atoms with Crippen LogP contribution < -0.4 is 9.64 Å². The second kappa shape index (κ2) is 6.27. The van der Waals surface area contributed by atoms with Gasteiger partial charge in [0.2, 0.25) is 0 Å². The van der Waals surface area contributed by atoms with Crippen molar-refractivity contribution < 1.29 is 14.3 Å². The second-order valence-electron chi connectivity index (χ2n) is 5.59. The van der Waals surface area contributed by atoms with Crippen LogP contribution in [-0.2, 0) is 9.53 Å². The summed E-state index contributed by atoms with van der Waals surface area (Å²) in [5.74, 6) is 1.00. The minimum Gasteiger partial charge on any atom is -0.478 e. The smallest absolute Gasteiger partial charge is 0.268 e. The Bertz CT molecular complexity index is 485. The topological polar surface area (TPSA) is 38.8 Å². The summed E-state index contributed by atoms with van der Waals surface area (Å²) < 4.78 is 11.0. The number of anilines is 1. The Morgan fingerprint density at radius 1 is 1.40 bits per heavy atom. The summed E-state index contributed by atoms with van der Waals surface area (Å²) in [5.41, 5.74) is 2.00. The van der Waals surface area contributed by atoms with Gasteiger partial charge in [0.1, 0.15) is 5.75 Å². The first-order valence-corrected chi connectivity index (χ1v) is 7.12. The Hall–Kier alpha value is -1.55. The number of hydrogen-bond donors (Lipinski definition) is 0. The number of rotatable bonds is 5. The minimum atomic E-state index is -0.396. The number of amides is 1. The van der Waals surface area contributed by atoms with Gasteiger partial charge in [-0.25, -0.2) is 0 Å². The van der Waals surface area contributed by atoms with Crippen LogP contribution in [0.3, 0.4) is 0 Å². The van der Waals surface area contributed by atoms with Crippen LogP contribution in [0.15, 0.2) is 18.2 Å². The average Bonchev–Trinajstić information content (AvgIpc) is 2.41. The Morgan fingerprint density at radius 2 is 2.15 bits per heavy atom. The van der Waals surface area contributed by atoms with Gasteiger partial charge in [0.15, 0.2) is 6.10 Å². The maximum Gasteiger partial charge on any atom is 0.268 e. The van der Waals surface area contributed by atoms with E-state index in [-0.39, 0.29) is 11.8 Å². The number of carbonyl (C=O) groups is 1. The van der Waals surface area contributed by atoms with E-state index in [0.29, 0.717) is 13.2 Å². The number of benzene rings is 1. The fourth-order valence-corrected chi connectivity index (χ4v) is 2.42. The van der Waals surface area contributed by atoms with Gasteiger partial charge < -0.3 is 14.4 Å². The Kier molecular flexibility index (Phi) is 4.65. The average molecular weight is 277 g/mol. The van der Waals surface area contributed by atoms with E-state index in [4.69, 9.17) is 9.47 Å². The number of ether oxygens (including phenoxy) is 2. The quantitative estimate of drug-likeness (QED) is 0.777. The fraction of sp³-hybridized carbons (Fsp3) is 0.562. The zero-order valence-electron chi connectivity index (χ0n) is 12.7. The Balaban J connectivity index is 2.30. The number of nitrogens with zero attached hydrogens (tertiary/aromatic N) is 1. The van der Waals surface area contributed by atoms with Gasteiger partial charge in [0.05, 0.1) is 5.69 Å². The van der Waals surface area contributed by atoms with E-state index in [2.05, 4.69) is 0 Å². The Morgan fingerprint density at radius 3 is 2.80 bits per heavy atom. The van der Waals surface area contributed by atoms with Crippen LogP contribution in [0, 0.1) is 12.8 Å². The third kappa shape index (κ3) is 2.96. The lowest BCUT2D eigenvalue weighted by Crippen LogP contribution is -2.48. The third-order valence-electron chi connectivity index (χ3n) is 3.50. The van der Waals surface area contributed by atoms with Gasteiger partial charge in [-0.3, -0.25) is 4.79 Å². The lowest BCUT2D eigenvalue weighted by Gasteiger charge is -2.36. The van der Waals surface area contributed by atoms with Gasteiger partial charge in [-0.1, -0.05) is 19.9 Å². The minimum absolute atomic E-state index is 0.0502. The summed E-state index contributed by atoms with van der Waals surface area (Å²) in [7, 11) is 1.68. The zero-order valence-corrected chi connectivity index (χ0v) is 12.7. The molecule has 0 fully saturated rings. The lowest BCUT2D eigenvalue weighted by molar-refractivity contribution is -0.128. The molecule has 4 heteroatoms. The molecule has 1 atom stereocenters. The van der Waals surface area contributed by atoms with Crippen LogP contribution in [-0.4, -0.2) is 32.3 Å². The van der Waals surface area contributed by atoms with Crippen LogP contribution in [0.4, 0.5) is 5.69 Å². The van der Waals surface area contributed by atoms with Crippen molar-refractivity contribution >= 4 is 11.6 Å². The van der Waals surface area contributed by atoms with Crippen molar-refractivity contribution in [3.8, 4) is 5.75 Å². The third-order valence-corrected chi connectivity index (χ3v) is 3.50. The van der Waals surface area contributed by atoms with Crippen LogP contribution in [0.25, 0.3) is 0 Å². The van der Waals surface area contributed by atoms with Crippen molar-refractivity contribution in [3.05, 3.63) is 23.8 Å². The van der Waals surface area contributed by atoms with Gasteiger partial charge in [-0.2, -0.15) is 0 Å². The Labute approximate surface area is 120 Å². The molecule has 1 heterocycles. The maximum atomic E-state index is 12.6. The molecule has 0 aromatic heterocycles. The zero-order chi connectivity index (χ0) is 14.7. The molecular weight excluding hydrogens is 254 g/mol. The molecule has 0 N–H and O–H groups in total. The monoisotopic (exact) mass is 277 g/mol. The molecule has 4 nitrogen and oxygen atoms in total. The molecular formula is C16H23NO3. The molecule has 1 aromatic rings.